The lowest BCUT2D eigenvalue weighted by atomic mass is 10.1. The fourth-order valence-electron chi connectivity index (χ4n) is 1.99. The van der Waals surface area contributed by atoms with Gasteiger partial charge in [0.15, 0.2) is 6.10 Å². The molecule has 1 atom stereocenters. The molecule has 1 aliphatic rings. The highest BCUT2D eigenvalue weighted by molar-refractivity contribution is 5.99. The van der Waals surface area contributed by atoms with Gasteiger partial charge in [0.1, 0.15) is 5.75 Å². The number of carbonyl (C=O) groups excluding carboxylic acids is 2. The smallest absolute Gasteiger partial charge is 0.267 e. The van der Waals surface area contributed by atoms with Crippen LogP contribution in [-0.2, 0) is 16.1 Å². The number of ether oxygens (including phenoxy) is 1. The van der Waals surface area contributed by atoms with Crippen LogP contribution in [0.25, 0.3) is 0 Å². The molecule has 1 unspecified atom stereocenters. The van der Waals surface area contributed by atoms with Crippen LogP contribution < -0.4 is 15.0 Å². The van der Waals surface area contributed by atoms with Crippen LogP contribution in [0, 0.1) is 0 Å². The van der Waals surface area contributed by atoms with E-state index in [1.165, 1.54) is 0 Å². The Morgan fingerprint density at radius 2 is 2.21 bits per heavy atom. The Bertz CT molecular complexity index is 513. The van der Waals surface area contributed by atoms with Crippen LogP contribution in [0.3, 0.4) is 0 Å². The highest BCUT2D eigenvalue weighted by Gasteiger charge is 2.28. The molecular weight excluding hydrogens is 244 g/mol. The molecule has 0 aliphatic carbocycles. The standard InChI is InChI=1S/C14H18N2O3/c1-4-13(17)15-8-10-5-6-12-11(7-10)16(3)14(18)9(2)19-12/h5-7,9H,4,8H2,1-3H3,(H,15,17). The molecule has 0 bridgehead atoms. The fraction of sp³-hybridized carbons (Fsp3) is 0.429. The molecule has 1 aromatic rings. The Balaban J connectivity index is 2.19. The third-order valence-electron chi connectivity index (χ3n) is 3.18. The molecule has 0 radical (unpaired) electrons. The van der Waals surface area contributed by atoms with Crippen molar-refractivity contribution in [1.82, 2.24) is 5.32 Å². The summed E-state index contributed by atoms with van der Waals surface area (Å²) in [5.41, 5.74) is 1.68. The summed E-state index contributed by atoms with van der Waals surface area (Å²) in [5.74, 6) is 0.634. The first kappa shape index (κ1) is 13.4. The lowest BCUT2D eigenvalue weighted by Gasteiger charge is -2.30. The molecule has 102 valence electrons. The van der Waals surface area contributed by atoms with E-state index < -0.39 is 6.10 Å². The zero-order valence-corrected chi connectivity index (χ0v) is 11.4. The molecule has 1 N–H and O–H groups in total. The first-order valence-electron chi connectivity index (χ1n) is 6.36. The number of likely N-dealkylation sites (N-methyl/N-ethyl adjacent to an activating group) is 1. The Kier molecular flexibility index (Phi) is 3.74. The largest absolute Gasteiger partial charge is 0.479 e. The van der Waals surface area contributed by atoms with E-state index in [2.05, 4.69) is 5.32 Å². The van der Waals surface area contributed by atoms with Crippen LogP contribution >= 0.6 is 0 Å². The number of nitrogens with one attached hydrogen (secondary N) is 1. The molecule has 5 heteroatoms. The van der Waals surface area contributed by atoms with Gasteiger partial charge in [-0.2, -0.15) is 0 Å². The zero-order chi connectivity index (χ0) is 14.0. The number of fused-ring (bicyclic) bond motifs is 1. The predicted molar refractivity (Wildman–Crippen MR) is 72.1 cm³/mol. The van der Waals surface area contributed by atoms with E-state index in [4.69, 9.17) is 4.74 Å². The Morgan fingerprint density at radius 1 is 1.47 bits per heavy atom. The van der Waals surface area contributed by atoms with Gasteiger partial charge in [-0.1, -0.05) is 13.0 Å². The van der Waals surface area contributed by atoms with Gasteiger partial charge in [-0.15, -0.1) is 0 Å². The molecule has 1 aromatic carbocycles. The molecule has 19 heavy (non-hydrogen) atoms. The molecule has 5 nitrogen and oxygen atoms in total. The summed E-state index contributed by atoms with van der Waals surface area (Å²) in [4.78, 5) is 24.7. The summed E-state index contributed by atoms with van der Waals surface area (Å²) >= 11 is 0. The summed E-state index contributed by atoms with van der Waals surface area (Å²) in [6.07, 6.45) is 0.00684. The van der Waals surface area contributed by atoms with Crippen molar-refractivity contribution < 1.29 is 14.3 Å². The summed E-state index contributed by atoms with van der Waals surface area (Å²) in [6.45, 7) is 4.00. The third-order valence-corrected chi connectivity index (χ3v) is 3.18. The summed E-state index contributed by atoms with van der Waals surface area (Å²) < 4.78 is 5.54. The molecule has 2 rings (SSSR count). The summed E-state index contributed by atoms with van der Waals surface area (Å²) in [7, 11) is 1.73. The van der Waals surface area contributed by atoms with Crippen LogP contribution in [0.15, 0.2) is 18.2 Å². The third kappa shape index (κ3) is 2.70. The number of rotatable bonds is 3. The molecule has 0 fully saturated rings. The quantitative estimate of drug-likeness (QED) is 0.897. The van der Waals surface area contributed by atoms with Gasteiger partial charge < -0.3 is 15.0 Å². The van der Waals surface area contributed by atoms with Crippen molar-refractivity contribution in [2.24, 2.45) is 0 Å². The van der Waals surface area contributed by atoms with Crippen LogP contribution in [0.1, 0.15) is 25.8 Å². The molecule has 2 amide bonds. The van der Waals surface area contributed by atoms with Crippen molar-refractivity contribution in [2.45, 2.75) is 32.9 Å². The minimum atomic E-state index is -0.455. The molecule has 1 aliphatic heterocycles. The first-order valence-corrected chi connectivity index (χ1v) is 6.36. The normalized spacial score (nSPS) is 17.7. The number of anilines is 1. The second kappa shape index (κ2) is 5.30. The fourth-order valence-corrected chi connectivity index (χ4v) is 1.99. The Hall–Kier alpha value is -2.04. The van der Waals surface area contributed by atoms with Crippen molar-refractivity contribution in [3.8, 4) is 5.75 Å². The van der Waals surface area contributed by atoms with Crippen molar-refractivity contribution in [3.63, 3.8) is 0 Å². The lowest BCUT2D eigenvalue weighted by molar-refractivity contribution is -0.125. The van der Waals surface area contributed by atoms with Crippen molar-refractivity contribution in [2.75, 3.05) is 11.9 Å². The van der Waals surface area contributed by atoms with E-state index in [1.54, 1.807) is 18.9 Å². The highest BCUT2D eigenvalue weighted by atomic mass is 16.5. The van der Waals surface area contributed by atoms with Gasteiger partial charge in [0, 0.05) is 20.0 Å². The maximum absolute atomic E-state index is 11.8. The first-order chi connectivity index (χ1) is 9.02. The number of benzene rings is 1. The van der Waals surface area contributed by atoms with Gasteiger partial charge >= 0.3 is 0 Å². The lowest BCUT2D eigenvalue weighted by Crippen LogP contribution is -2.42. The van der Waals surface area contributed by atoms with Gasteiger partial charge in [0.2, 0.25) is 5.91 Å². The molecule has 0 spiro atoms. The van der Waals surface area contributed by atoms with E-state index in [-0.39, 0.29) is 11.8 Å². The monoisotopic (exact) mass is 262 g/mol. The number of amides is 2. The van der Waals surface area contributed by atoms with E-state index in [0.29, 0.717) is 18.7 Å². The van der Waals surface area contributed by atoms with Crippen molar-refractivity contribution in [3.05, 3.63) is 23.8 Å². The van der Waals surface area contributed by atoms with E-state index >= 15 is 0 Å². The number of carbonyl (C=O) groups is 2. The average Bonchev–Trinajstić information content (AvgIpc) is 2.42. The Labute approximate surface area is 112 Å². The topological polar surface area (TPSA) is 58.6 Å². The minimum Gasteiger partial charge on any atom is -0.479 e. The molecule has 0 saturated heterocycles. The van der Waals surface area contributed by atoms with Gasteiger partial charge in [-0.3, -0.25) is 9.59 Å². The SMILES string of the molecule is CCC(=O)NCc1ccc2c(c1)N(C)C(=O)C(C)O2. The average molecular weight is 262 g/mol. The van der Waals surface area contributed by atoms with Crippen molar-refractivity contribution in [1.29, 1.82) is 0 Å². The van der Waals surface area contributed by atoms with Crippen LogP contribution in [0.2, 0.25) is 0 Å². The number of hydrogen-bond acceptors (Lipinski definition) is 3. The second-order valence-electron chi connectivity index (χ2n) is 4.59. The summed E-state index contributed by atoms with van der Waals surface area (Å²) in [5, 5.41) is 2.81. The number of hydrogen-bond donors (Lipinski definition) is 1. The number of nitrogens with zero attached hydrogens (tertiary/aromatic N) is 1. The van der Waals surface area contributed by atoms with E-state index in [9.17, 15) is 9.59 Å². The van der Waals surface area contributed by atoms with Gasteiger partial charge in [0.25, 0.3) is 5.91 Å². The van der Waals surface area contributed by atoms with Gasteiger partial charge in [-0.05, 0) is 24.6 Å². The van der Waals surface area contributed by atoms with Gasteiger partial charge in [0.05, 0.1) is 5.69 Å². The van der Waals surface area contributed by atoms with Gasteiger partial charge in [-0.25, -0.2) is 0 Å². The van der Waals surface area contributed by atoms with Crippen LogP contribution in [-0.4, -0.2) is 25.0 Å². The Morgan fingerprint density at radius 3 is 2.89 bits per heavy atom. The zero-order valence-electron chi connectivity index (χ0n) is 11.4. The molecule has 0 aromatic heterocycles. The minimum absolute atomic E-state index is 0.00650. The van der Waals surface area contributed by atoms with Crippen LogP contribution in [0.5, 0.6) is 5.75 Å². The van der Waals surface area contributed by atoms with Crippen molar-refractivity contribution >= 4 is 17.5 Å². The predicted octanol–water partition coefficient (Wildman–Crippen LogP) is 1.46. The molecule has 1 heterocycles. The second-order valence-corrected chi connectivity index (χ2v) is 4.59. The maximum Gasteiger partial charge on any atom is 0.267 e. The van der Waals surface area contributed by atoms with E-state index in [1.807, 2.05) is 25.1 Å². The highest BCUT2D eigenvalue weighted by Crippen LogP contribution is 2.33. The molecule has 0 saturated carbocycles. The van der Waals surface area contributed by atoms with Crippen LogP contribution in [0.4, 0.5) is 5.69 Å². The molecular formula is C14H18N2O3. The van der Waals surface area contributed by atoms with E-state index in [0.717, 1.165) is 11.3 Å². The summed E-state index contributed by atoms with van der Waals surface area (Å²) in [6, 6.07) is 5.60. The maximum atomic E-state index is 11.8.